The first kappa shape index (κ1) is 6.66. The summed E-state index contributed by atoms with van der Waals surface area (Å²) in [5.74, 6) is 1.70. The molecule has 0 N–H and O–H groups in total. The maximum atomic E-state index is 5.75. The number of hydrogen-bond acceptors (Lipinski definition) is 1. The SMILES string of the molecule is CC(C)[C@@H]1C[C@H]2CC[C@@H]1O2. The molecule has 10 heavy (non-hydrogen) atoms. The van der Waals surface area contributed by atoms with Crippen LogP contribution in [0.2, 0.25) is 0 Å². The Morgan fingerprint density at radius 3 is 2.40 bits per heavy atom. The fourth-order valence-electron chi connectivity index (χ4n) is 2.38. The molecule has 1 heteroatoms. The van der Waals surface area contributed by atoms with E-state index in [0.29, 0.717) is 12.2 Å². The van der Waals surface area contributed by atoms with Gasteiger partial charge in [-0.05, 0) is 31.1 Å². The molecule has 2 aliphatic heterocycles. The predicted molar refractivity (Wildman–Crippen MR) is 40.8 cm³/mol. The second kappa shape index (κ2) is 2.23. The molecule has 2 fully saturated rings. The second-order valence-corrected chi connectivity index (χ2v) is 4.02. The van der Waals surface area contributed by atoms with Gasteiger partial charge in [0.1, 0.15) is 0 Å². The normalized spacial score (nSPS) is 45.3. The number of hydrogen-bond donors (Lipinski definition) is 0. The van der Waals surface area contributed by atoms with Crippen LogP contribution in [-0.4, -0.2) is 12.2 Å². The van der Waals surface area contributed by atoms with Gasteiger partial charge in [-0.2, -0.15) is 0 Å². The van der Waals surface area contributed by atoms with E-state index in [1.165, 1.54) is 19.3 Å². The van der Waals surface area contributed by atoms with Crippen LogP contribution in [0.3, 0.4) is 0 Å². The summed E-state index contributed by atoms with van der Waals surface area (Å²) in [6.07, 6.45) is 5.26. The van der Waals surface area contributed by atoms with E-state index < -0.39 is 0 Å². The molecule has 58 valence electrons. The molecule has 3 atom stereocenters. The van der Waals surface area contributed by atoms with Gasteiger partial charge in [0.15, 0.2) is 0 Å². The minimum atomic E-state index is 0.630. The highest BCUT2D eigenvalue weighted by atomic mass is 16.5. The van der Waals surface area contributed by atoms with Crippen LogP contribution in [0.1, 0.15) is 33.1 Å². The van der Waals surface area contributed by atoms with Crippen molar-refractivity contribution in [2.24, 2.45) is 11.8 Å². The highest BCUT2D eigenvalue weighted by Gasteiger charge is 2.41. The van der Waals surface area contributed by atoms with Crippen LogP contribution in [0.5, 0.6) is 0 Å². The minimum absolute atomic E-state index is 0.630. The van der Waals surface area contributed by atoms with E-state index in [2.05, 4.69) is 13.8 Å². The van der Waals surface area contributed by atoms with E-state index in [1.807, 2.05) is 0 Å². The first-order valence-corrected chi connectivity index (χ1v) is 4.43. The monoisotopic (exact) mass is 140 g/mol. The van der Waals surface area contributed by atoms with E-state index in [-0.39, 0.29) is 0 Å². The summed E-state index contributed by atoms with van der Waals surface area (Å²) in [5.41, 5.74) is 0. The van der Waals surface area contributed by atoms with Gasteiger partial charge >= 0.3 is 0 Å². The summed E-state index contributed by atoms with van der Waals surface area (Å²) in [6, 6.07) is 0. The average molecular weight is 140 g/mol. The third kappa shape index (κ3) is 0.878. The minimum Gasteiger partial charge on any atom is -0.375 e. The summed E-state index contributed by atoms with van der Waals surface area (Å²) in [6.45, 7) is 4.63. The Morgan fingerprint density at radius 2 is 2.10 bits per heavy atom. The topological polar surface area (TPSA) is 9.23 Å². The van der Waals surface area contributed by atoms with Gasteiger partial charge in [0.2, 0.25) is 0 Å². The lowest BCUT2D eigenvalue weighted by Crippen LogP contribution is -2.21. The fraction of sp³-hybridized carbons (Fsp3) is 1.00. The maximum Gasteiger partial charge on any atom is 0.0611 e. The van der Waals surface area contributed by atoms with Crippen molar-refractivity contribution in [2.45, 2.75) is 45.3 Å². The van der Waals surface area contributed by atoms with Gasteiger partial charge in [-0.25, -0.2) is 0 Å². The number of ether oxygens (including phenoxy) is 1. The highest BCUT2D eigenvalue weighted by Crippen LogP contribution is 2.41. The third-order valence-electron chi connectivity index (χ3n) is 3.01. The Balaban J connectivity index is 2.02. The molecular formula is C9H16O. The van der Waals surface area contributed by atoms with Crippen molar-refractivity contribution >= 4 is 0 Å². The van der Waals surface area contributed by atoms with Crippen molar-refractivity contribution < 1.29 is 4.74 Å². The molecule has 0 aliphatic carbocycles. The third-order valence-corrected chi connectivity index (χ3v) is 3.01. The van der Waals surface area contributed by atoms with Gasteiger partial charge in [0, 0.05) is 0 Å². The Kier molecular flexibility index (Phi) is 1.48. The lowest BCUT2D eigenvalue weighted by atomic mass is 9.82. The molecule has 0 aromatic carbocycles. The van der Waals surface area contributed by atoms with Crippen LogP contribution in [0.4, 0.5) is 0 Å². The largest absolute Gasteiger partial charge is 0.375 e. The average Bonchev–Trinajstić information content (AvgIpc) is 2.44. The van der Waals surface area contributed by atoms with E-state index in [9.17, 15) is 0 Å². The molecule has 2 heterocycles. The van der Waals surface area contributed by atoms with Crippen molar-refractivity contribution in [1.82, 2.24) is 0 Å². The van der Waals surface area contributed by atoms with Gasteiger partial charge in [0.05, 0.1) is 12.2 Å². The van der Waals surface area contributed by atoms with Crippen LogP contribution >= 0.6 is 0 Å². The quantitative estimate of drug-likeness (QED) is 0.542. The molecule has 2 rings (SSSR count). The zero-order valence-corrected chi connectivity index (χ0v) is 6.84. The summed E-state index contributed by atoms with van der Waals surface area (Å²) < 4.78 is 5.75. The Bertz CT molecular complexity index is 131. The zero-order chi connectivity index (χ0) is 7.14. The molecule has 1 nitrogen and oxygen atoms in total. The van der Waals surface area contributed by atoms with Crippen LogP contribution in [-0.2, 0) is 4.74 Å². The van der Waals surface area contributed by atoms with Crippen molar-refractivity contribution in [3.8, 4) is 0 Å². The Hall–Kier alpha value is -0.0400. The van der Waals surface area contributed by atoms with Crippen LogP contribution in [0.15, 0.2) is 0 Å². The summed E-state index contributed by atoms with van der Waals surface area (Å²) in [5, 5.41) is 0. The molecule has 0 unspecified atom stereocenters. The second-order valence-electron chi connectivity index (χ2n) is 4.02. The van der Waals surface area contributed by atoms with Gasteiger partial charge in [-0.3, -0.25) is 0 Å². The van der Waals surface area contributed by atoms with Crippen LogP contribution in [0.25, 0.3) is 0 Å². The smallest absolute Gasteiger partial charge is 0.0611 e. The lowest BCUT2D eigenvalue weighted by Gasteiger charge is -2.21. The Morgan fingerprint density at radius 1 is 1.30 bits per heavy atom. The van der Waals surface area contributed by atoms with E-state index >= 15 is 0 Å². The maximum absolute atomic E-state index is 5.75. The summed E-state index contributed by atoms with van der Waals surface area (Å²) >= 11 is 0. The van der Waals surface area contributed by atoms with Crippen molar-refractivity contribution in [2.75, 3.05) is 0 Å². The fourth-order valence-corrected chi connectivity index (χ4v) is 2.38. The van der Waals surface area contributed by atoms with Crippen molar-refractivity contribution in [3.63, 3.8) is 0 Å². The van der Waals surface area contributed by atoms with Gasteiger partial charge in [-0.1, -0.05) is 13.8 Å². The standard InChI is InChI=1S/C9H16O/c1-6(2)8-5-7-3-4-9(8)10-7/h6-9H,3-5H2,1-2H3/t7-,8+,9+/m1/s1. The Labute approximate surface area is 62.8 Å². The molecule has 0 saturated carbocycles. The van der Waals surface area contributed by atoms with E-state index in [1.54, 1.807) is 0 Å². The van der Waals surface area contributed by atoms with Crippen LogP contribution in [0, 0.1) is 11.8 Å². The summed E-state index contributed by atoms with van der Waals surface area (Å²) in [4.78, 5) is 0. The summed E-state index contributed by atoms with van der Waals surface area (Å²) in [7, 11) is 0. The first-order valence-electron chi connectivity index (χ1n) is 4.43. The first-order chi connectivity index (χ1) is 4.77. The molecule has 0 aromatic heterocycles. The van der Waals surface area contributed by atoms with E-state index in [0.717, 1.165) is 11.8 Å². The molecule has 2 aliphatic rings. The molecule has 0 spiro atoms. The van der Waals surface area contributed by atoms with Crippen LogP contribution < -0.4 is 0 Å². The lowest BCUT2D eigenvalue weighted by molar-refractivity contribution is 0.0851. The van der Waals surface area contributed by atoms with Crippen molar-refractivity contribution in [3.05, 3.63) is 0 Å². The zero-order valence-electron chi connectivity index (χ0n) is 6.84. The number of rotatable bonds is 1. The number of fused-ring (bicyclic) bond motifs is 2. The predicted octanol–water partition coefficient (Wildman–Crippen LogP) is 2.21. The van der Waals surface area contributed by atoms with Gasteiger partial charge < -0.3 is 4.74 Å². The highest BCUT2D eigenvalue weighted by molar-refractivity contribution is 4.90. The molecular weight excluding hydrogens is 124 g/mol. The molecule has 0 amide bonds. The van der Waals surface area contributed by atoms with E-state index in [4.69, 9.17) is 4.74 Å². The van der Waals surface area contributed by atoms with Gasteiger partial charge in [-0.15, -0.1) is 0 Å². The van der Waals surface area contributed by atoms with Gasteiger partial charge in [0.25, 0.3) is 0 Å². The molecule has 2 bridgehead atoms. The molecule has 0 aromatic rings. The van der Waals surface area contributed by atoms with Crippen molar-refractivity contribution in [1.29, 1.82) is 0 Å². The molecule has 0 radical (unpaired) electrons. The molecule has 2 saturated heterocycles.